The maximum atomic E-state index is 12.7. The highest BCUT2D eigenvalue weighted by molar-refractivity contribution is 6.35. The zero-order valence-electron chi connectivity index (χ0n) is 8.01. The predicted octanol–water partition coefficient (Wildman–Crippen LogP) is 2.65. The van der Waals surface area contributed by atoms with Gasteiger partial charge in [0.25, 0.3) is 0 Å². The number of carboxylic acids is 1. The lowest BCUT2D eigenvalue weighted by atomic mass is 10.2. The summed E-state index contributed by atoms with van der Waals surface area (Å²) in [5.41, 5.74) is -0.117. The third-order valence-electron chi connectivity index (χ3n) is 1.67. The minimum atomic E-state index is -4.52. The van der Waals surface area contributed by atoms with Crippen LogP contribution in [0.3, 0.4) is 0 Å². The predicted molar refractivity (Wildman–Crippen MR) is 57.7 cm³/mol. The van der Waals surface area contributed by atoms with E-state index in [4.69, 9.17) is 28.3 Å². The van der Waals surface area contributed by atoms with Crippen LogP contribution in [0.4, 0.5) is 14.5 Å². The molecule has 0 aliphatic heterocycles. The molecule has 1 amide bonds. The number of hydrogen-bond acceptors (Lipinski definition) is 2. The summed E-state index contributed by atoms with van der Waals surface area (Å²) < 4.78 is 25.5. The van der Waals surface area contributed by atoms with Gasteiger partial charge in [-0.25, -0.2) is 4.79 Å². The van der Waals surface area contributed by atoms with Crippen molar-refractivity contribution < 1.29 is 23.5 Å². The summed E-state index contributed by atoms with van der Waals surface area (Å²) >= 11 is 11.1. The number of rotatable bonds is 3. The lowest BCUT2D eigenvalue weighted by Gasteiger charge is -2.11. The quantitative estimate of drug-likeness (QED) is 0.838. The molecular weight excluding hydrogens is 279 g/mol. The minimum absolute atomic E-state index is 0.117. The highest BCUT2D eigenvalue weighted by Gasteiger charge is 2.47. The molecule has 17 heavy (non-hydrogen) atoms. The first-order chi connectivity index (χ1) is 7.73. The molecule has 0 fully saturated rings. The van der Waals surface area contributed by atoms with Crippen molar-refractivity contribution in [2.45, 2.75) is 5.92 Å². The lowest BCUT2D eigenvalue weighted by Crippen LogP contribution is -2.41. The molecule has 0 aliphatic carbocycles. The number of halogens is 4. The van der Waals surface area contributed by atoms with Gasteiger partial charge in [-0.15, -0.1) is 0 Å². The van der Waals surface area contributed by atoms with E-state index < -0.39 is 17.8 Å². The Hall–Kier alpha value is -1.40. The number of carbonyl (C=O) groups excluding carboxylic acids is 1. The van der Waals surface area contributed by atoms with Gasteiger partial charge in [0.15, 0.2) is 0 Å². The van der Waals surface area contributed by atoms with Crippen LogP contribution in [0.2, 0.25) is 10.0 Å². The number of aliphatic carboxylic acids is 1. The van der Waals surface area contributed by atoms with Crippen LogP contribution in [0.1, 0.15) is 0 Å². The number of nitrogens with one attached hydrogen (secondary N) is 1. The first-order valence-corrected chi connectivity index (χ1v) is 4.88. The Balaban J connectivity index is 2.92. The van der Waals surface area contributed by atoms with Crippen molar-refractivity contribution in [1.29, 1.82) is 0 Å². The van der Waals surface area contributed by atoms with Gasteiger partial charge in [0.1, 0.15) is 0 Å². The van der Waals surface area contributed by atoms with Crippen molar-refractivity contribution >= 4 is 40.8 Å². The van der Waals surface area contributed by atoms with E-state index in [9.17, 15) is 18.4 Å². The lowest BCUT2D eigenvalue weighted by molar-refractivity contribution is -0.169. The van der Waals surface area contributed by atoms with Gasteiger partial charge in [0.05, 0.1) is 0 Å². The Morgan fingerprint density at radius 1 is 1.18 bits per heavy atom. The summed E-state index contributed by atoms with van der Waals surface area (Å²) in [5, 5.41) is 10.1. The molecule has 0 aliphatic rings. The Kier molecular flexibility index (Phi) is 3.90. The standard InChI is InChI=1S/C9H5Cl2F2NO3/c10-4-1-5(11)3-6(2-4)14-7(15)9(12,13)8(16)17/h1-3H,(H,14,15)(H,16,17). The molecular formula is C9H5Cl2F2NO3. The van der Waals surface area contributed by atoms with Crippen LogP contribution in [-0.4, -0.2) is 22.9 Å². The van der Waals surface area contributed by atoms with Crippen molar-refractivity contribution in [2.24, 2.45) is 0 Å². The van der Waals surface area contributed by atoms with E-state index in [1.807, 2.05) is 0 Å². The average Bonchev–Trinajstić information content (AvgIpc) is 2.15. The third kappa shape index (κ3) is 3.28. The average molecular weight is 284 g/mol. The Labute approximate surface area is 104 Å². The van der Waals surface area contributed by atoms with Crippen molar-refractivity contribution in [1.82, 2.24) is 0 Å². The number of carboxylic acid groups (broad SMARTS) is 1. The zero-order valence-corrected chi connectivity index (χ0v) is 9.52. The van der Waals surface area contributed by atoms with Crippen LogP contribution in [0.15, 0.2) is 18.2 Å². The molecule has 0 saturated carbocycles. The summed E-state index contributed by atoms with van der Waals surface area (Å²) in [6, 6.07) is 3.64. The maximum Gasteiger partial charge on any atom is 0.418 e. The second-order valence-electron chi connectivity index (χ2n) is 2.99. The first-order valence-electron chi connectivity index (χ1n) is 4.12. The van der Waals surface area contributed by atoms with Gasteiger partial charge >= 0.3 is 17.8 Å². The van der Waals surface area contributed by atoms with Gasteiger partial charge < -0.3 is 10.4 Å². The number of hydrogen-bond donors (Lipinski definition) is 2. The molecule has 0 saturated heterocycles. The summed E-state index contributed by atoms with van der Waals surface area (Å²) in [6.07, 6.45) is 0. The largest absolute Gasteiger partial charge is 0.476 e. The van der Waals surface area contributed by atoms with E-state index in [0.717, 1.165) is 12.1 Å². The van der Waals surface area contributed by atoms with Crippen LogP contribution in [0.25, 0.3) is 0 Å². The fourth-order valence-electron chi connectivity index (χ4n) is 0.933. The van der Waals surface area contributed by atoms with Crippen LogP contribution in [-0.2, 0) is 9.59 Å². The summed E-state index contributed by atoms with van der Waals surface area (Å²) in [4.78, 5) is 21.1. The van der Waals surface area contributed by atoms with Crippen molar-refractivity contribution in [3.8, 4) is 0 Å². The molecule has 1 aromatic rings. The molecule has 0 unspecified atom stereocenters. The van der Waals surface area contributed by atoms with Crippen LogP contribution >= 0.6 is 23.2 Å². The molecule has 8 heteroatoms. The van der Waals surface area contributed by atoms with E-state index in [2.05, 4.69) is 0 Å². The van der Waals surface area contributed by atoms with E-state index >= 15 is 0 Å². The summed E-state index contributed by atoms with van der Waals surface area (Å²) in [6.45, 7) is 0. The molecule has 0 heterocycles. The molecule has 4 nitrogen and oxygen atoms in total. The molecule has 0 radical (unpaired) electrons. The smallest absolute Gasteiger partial charge is 0.418 e. The van der Waals surface area contributed by atoms with E-state index in [1.54, 1.807) is 5.32 Å². The van der Waals surface area contributed by atoms with Gasteiger partial charge in [-0.1, -0.05) is 23.2 Å². The second kappa shape index (κ2) is 4.85. The first kappa shape index (κ1) is 13.7. The zero-order chi connectivity index (χ0) is 13.2. The van der Waals surface area contributed by atoms with E-state index in [1.165, 1.54) is 6.07 Å². The van der Waals surface area contributed by atoms with Crippen molar-refractivity contribution in [3.63, 3.8) is 0 Å². The van der Waals surface area contributed by atoms with Crippen molar-refractivity contribution in [2.75, 3.05) is 5.32 Å². The minimum Gasteiger partial charge on any atom is -0.476 e. The maximum absolute atomic E-state index is 12.7. The summed E-state index contributed by atoms with van der Waals surface area (Å²) in [7, 11) is 0. The van der Waals surface area contributed by atoms with Crippen LogP contribution < -0.4 is 5.32 Å². The second-order valence-corrected chi connectivity index (χ2v) is 3.86. The number of amides is 1. The highest BCUT2D eigenvalue weighted by Crippen LogP contribution is 2.24. The molecule has 2 N–H and O–H groups in total. The third-order valence-corrected chi connectivity index (χ3v) is 2.11. The van der Waals surface area contributed by atoms with Crippen molar-refractivity contribution in [3.05, 3.63) is 28.2 Å². The molecule has 0 bridgehead atoms. The number of benzene rings is 1. The molecule has 1 rings (SSSR count). The molecule has 0 aromatic heterocycles. The highest BCUT2D eigenvalue weighted by atomic mass is 35.5. The van der Waals surface area contributed by atoms with E-state index in [-0.39, 0.29) is 15.7 Å². The molecule has 1 aromatic carbocycles. The summed E-state index contributed by atoms with van der Waals surface area (Å²) in [5.74, 6) is -9.03. The Bertz CT molecular complexity index is 459. The topological polar surface area (TPSA) is 66.4 Å². The number of alkyl halides is 2. The van der Waals surface area contributed by atoms with Gasteiger partial charge in [-0.2, -0.15) is 8.78 Å². The van der Waals surface area contributed by atoms with E-state index in [0.29, 0.717) is 0 Å². The van der Waals surface area contributed by atoms with Gasteiger partial charge in [0.2, 0.25) is 0 Å². The van der Waals surface area contributed by atoms with Gasteiger partial charge in [-0.05, 0) is 18.2 Å². The van der Waals surface area contributed by atoms with Gasteiger partial charge in [-0.3, -0.25) is 4.79 Å². The SMILES string of the molecule is O=C(O)C(F)(F)C(=O)Nc1cc(Cl)cc(Cl)c1. The van der Waals surface area contributed by atoms with Gasteiger partial charge in [0, 0.05) is 15.7 Å². The molecule has 0 atom stereocenters. The fraction of sp³-hybridized carbons (Fsp3) is 0.111. The number of carbonyl (C=O) groups is 2. The number of anilines is 1. The fourth-order valence-corrected chi connectivity index (χ4v) is 1.46. The van der Waals surface area contributed by atoms with Crippen LogP contribution in [0, 0.1) is 0 Å². The van der Waals surface area contributed by atoms with Crippen LogP contribution in [0.5, 0.6) is 0 Å². The molecule has 0 spiro atoms. The Morgan fingerprint density at radius 2 is 1.65 bits per heavy atom. The monoisotopic (exact) mass is 283 g/mol. The molecule has 92 valence electrons. The normalized spacial score (nSPS) is 11.1. The Morgan fingerprint density at radius 3 is 2.06 bits per heavy atom.